The number of hydrogen-bond acceptors (Lipinski definition) is 3. The molecular weight excluding hydrogens is 192 g/mol. The lowest BCUT2D eigenvalue weighted by molar-refractivity contribution is -0.117. The smallest absolute Gasteiger partial charge is 0.229 e. The van der Waals surface area contributed by atoms with Gasteiger partial charge >= 0.3 is 0 Å². The summed E-state index contributed by atoms with van der Waals surface area (Å²) >= 11 is 0. The van der Waals surface area contributed by atoms with Crippen molar-refractivity contribution in [1.82, 2.24) is 0 Å². The Hall–Kier alpha value is -1.86. The number of benzene rings is 1. The zero-order valence-corrected chi connectivity index (χ0v) is 8.05. The van der Waals surface area contributed by atoms with Crippen molar-refractivity contribution in [2.24, 2.45) is 0 Å². The molecule has 0 saturated carbocycles. The quantitative estimate of drug-likeness (QED) is 0.727. The number of nitriles is 1. The van der Waals surface area contributed by atoms with E-state index in [1.807, 2.05) is 6.07 Å². The number of nitrogens with zero attached hydrogens (tertiary/aromatic N) is 2. The Balaban J connectivity index is 2.30. The van der Waals surface area contributed by atoms with E-state index >= 15 is 0 Å². The number of aliphatic hydroxyl groups excluding tert-OH is 1. The molecule has 0 aromatic heterocycles. The molecule has 76 valence electrons. The van der Waals surface area contributed by atoms with Crippen LogP contribution in [0.5, 0.6) is 0 Å². The molecule has 1 aliphatic rings. The van der Waals surface area contributed by atoms with Crippen LogP contribution in [0.3, 0.4) is 0 Å². The van der Waals surface area contributed by atoms with Crippen molar-refractivity contribution in [3.63, 3.8) is 0 Å². The first-order valence-corrected chi connectivity index (χ1v) is 4.69. The fourth-order valence-electron chi connectivity index (χ4n) is 1.68. The van der Waals surface area contributed by atoms with E-state index in [4.69, 9.17) is 5.26 Å². The van der Waals surface area contributed by atoms with E-state index in [-0.39, 0.29) is 12.3 Å². The molecule has 1 atom stereocenters. The number of carbonyl (C=O) groups is 1. The van der Waals surface area contributed by atoms with E-state index in [0.717, 1.165) is 0 Å². The molecule has 1 N–H and O–H groups in total. The van der Waals surface area contributed by atoms with Crippen LogP contribution in [0.15, 0.2) is 24.3 Å². The Kier molecular flexibility index (Phi) is 2.40. The van der Waals surface area contributed by atoms with Crippen LogP contribution < -0.4 is 4.90 Å². The fraction of sp³-hybridized carbons (Fsp3) is 0.273. The summed E-state index contributed by atoms with van der Waals surface area (Å²) in [5, 5.41) is 18.1. The molecule has 1 aromatic carbocycles. The predicted molar refractivity (Wildman–Crippen MR) is 54.1 cm³/mol. The second kappa shape index (κ2) is 3.71. The topological polar surface area (TPSA) is 64.3 Å². The van der Waals surface area contributed by atoms with Gasteiger partial charge in [-0.2, -0.15) is 5.26 Å². The van der Waals surface area contributed by atoms with Crippen LogP contribution in [-0.2, 0) is 4.79 Å². The van der Waals surface area contributed by atoms with Gasteiger partial charge in [0.2, 0.25) is 5.91 Å². The van der Waals surface area contributed by atoms with E-state index in [0.29, 0.717) is 17.8 Å². The van der Waals surface area contributed by atoms with Crippen molar-refractivity contribution >= 4 is 11.6 Å². The van der Waals surface area contributed by atoms with E-state index in [1.165, 1.54) is 4.90 Å². The Bertz CT molecular complexity index is 436. The van der Waals surface area contributed by atoms with Crippen LogP contribution >= 0.6 is 0 Å². The predicted octanol–water partition coefficient (Wildman–Crippen LogP) is 0.656. The average Bonchev–Trinajstić information content (AvgIpc) is 2.58. The number of rotatable bonds is 1. The molecule has 0 spiro atoms. The normalized spacial score (nSPS) is 20.4. The molecule has 0 bridgehead atoms. The van der Waals surface area contributed by atoms with Crippen molar-refractivity contribution in [2.45, 2.75) is 12.5 Å². The van der Waals surface area contributed by atoms with E-state index in [2.05, 4.69) is 0 Å². The molecule has 1 aliphatic heterocycles. The van der Waals surface area contributed by atoms with Crippen LogP contribution in [-0.4, -0.2) is 23.7 Å². The highest BCUT2D eigenvalue weighted by Crippen LogP contribution is 2.22. The minimum Gasteiger partial charge on any atom is -0.391 e. The van der Waals surface area contributed by atoms with Crippen molar-refractivity contribution in [3.05, 3.63) is 29.8 Å². The van der Waals surface area contributed by atoms with Gasteiger partial charge in [0.1, 0.15) is 0 Å². The average molecular weight is 202 g/mol. The molecule has 1 saturated heterocycles. The number of carbonyl (C=O) groups excluding carboxylic acids is 1. The third-order valence-electron chi connectivity index (χ3n) is 2.39. The maximum atomic E-state index is 11.5. The van der Waals surface area contributed by atoms with Crippen LogP contribution in [0, 0.1) is 11.3 Å². The number of amides is 1. The van der Waals surface area contributed by atoms with Gasteiger partial charge in [-0.3, -0.25) is 4.79 Å². The van der Waals surface area contributed by atoms with E-state index in [9.17, 15) is 9.90 Å². The minimum atomic E-state index is -0.594. The molecule has 2 rings (SSSR count). The first kappa shape index (κ1) is 9.69. The van der Waals surface area contributed by atoms with E-state index in [1.54, 1.807) is 24.3 Å². The highest BCUT2D eigenvalue weighted by Gasteiger charge is 2.28. The number of hydrogen-bond donors (Lipinski definition) is 1. The van der Waals surface area contributed by atoms with Crippen LogP contribution in [0.4, 0.5) is 5.69 Å². The monoisotopic (exact) mass is 202 g/mol. The molecule has 1 heterocycles. The summed E-state index contributed by atoms with van der Waals surface area (Å²) in [6.45, 7) is 0.313. The number of β-amino-alcohol motifs (C(OH)–C–C–N with tert-alkyl or cyclic N) is 1. The Morgan fingerprint density at radius 3 is 2.93 bits per heavy atom. The summed E-state index contributed by atoms with van der Waals surface area (Å²) in [6.07, 6.45) is -0.431. The lowest BCUT2D eigenvalue weighted by Gasteiger charge is -2.15. The summed E-state index contributed by atoms with van der Waals surface area (Å²) in [6, 6.07) is 8.83. The molecule has 0 aliphatic carbocycles. The van der Waals surface area contributed by atoms with Gasteiger partial charge < -0.3 is 10.0 Å². The lowest BCUT2D eigenvalue weighted by atomic mass is 10.2. The van der Waals surface area contributed by atoms with Crippen molar-refractivity contribution in [3.8, 4) is 6.07 Å². The minimum absolute atomic E-state index is 0.0995. The molecule has 1 amide bonds. The summed E-state index contributed by atoms with van der Waals surface area (Å²) in [4.78, 5) is 13.0. The van der Waals surface area contributed by atoms with Gasteiger partial charge in [-0.15, -0.1) is 0 Å². The molecule has 1 aromatic rings. The highest BCUT2D eigenvalue weighted by atomic mass is 16.3. The third-order valence-corrected chi connectivity index (χ3v) is 2.39. The maximum absolute atomic E-state index is 11.5. The van der Waals surface area contributed by atoms with E-state index < -0.39 is 6.10 Å². The summed E-state index contributed by atoms with van der Waals surface area (Å²) in [5.41, 5.74) is 1.19. The Morgan fingerprint density at radius 1 is 1.53 bits per heavy atom. The van der Waals surface area contributed by atoms with Gasteiger partial charge in [-0.25, -0.2) is 0 Å². The van der Waals surface area contributed by atoms with Crippen LogP contribution in [0.2, 0.25) is 0 Å². The van der Waals surface area contributed by atoms with Crippen molar-refractivity contribution in [2.75, 3.05) is 11.4 Å². The fourth-order valence-corrected chi connectivity index (χ4v) is 1.68. The zero-order valence-electron chi connectivity index (χ0n) is 8.05. The number of aliphatic hydroxyl groups is 1. The molecule has 0 radical (unpaired) electrons. The van der Waals surface area contributed by atoms with Gasteiger partial charge in [-0.05, 0) is 18.2 Å². The summed E-state index contributed by atoms with van der Waals surface area (Å²) < 4.78 is 0. The molecule has 1 fully saturated rings. The molecule has 4 nitrogen and oxygen atoms in total. The highest BCUT2D eigenvalue weighted by molar-refractivity contribution is 5.96. The van der Waals surface area contributed by atoms with Gasteiger partial charge in [0.05, 0.1) is 30.7 Å². The molecule has 15 heavy (non-hydrogen) atoms. The van der Waals surface area contributed by atoms with Gasteiger partial charge in [0.15, 0.2) is 0 Å². The number of anilines is 1. The second-order valence-corrected chi connectivity index (χ2v) is 3.52. The first-order chi connectivity index (χ1) is 7.20. The Labute approximate surface area is 87.4 Å². The molecular formula is C11H10N2O2. The second-order valence-electron chi connectivity index (χ2n) is 3.52. The summed E-state index contributed by atoms with van der Waals surface area (Å²) in [5.74, 6) is -0.0995. The SMILES string of the molecule is N#Cc1cccc(N2CC(O)CC2=O)c1. The largest absolute Gasteiger partial charge is 0.391 e. The van der Waals surface area contributed by atoms with Crippen LogP contribution in [0.1, 0.15) is 12.0 Å². The lowest BCUT2D eigenvalue weighted by Crippen LogP contribution is -2.25. The van der Waals surface area contributed by atoms with Crippen molar-refractivity contribution < 1.29 is 9.90 Å². The standard InChI is InChI=1S/C11H10N2O2/c12-6-8-2-1-3-9(4-8)13-7-10(14)5-11(13)15/h1-4,10,14H,5,7H2. The zero-order chi connectivity index (χ0) is 10.8. The van der Waals surface area contributed by atoms with Crippen LogP contribution in [0.25, 0.3) is 0 Å². The van der Waals surface area contributed by atoms with Gasteiger partial charge in [0.25, 0.3) is 0 Å². The first-order valence-electron chi connectivity index (χ1n) is 4.69. The molecule has 4 heteroatoms. The maximum Gasteiger partial charge on any atom is 0.229 e. The summed E-state index contributed by atoms with van der Waals surface area (Å²) in [7, 11) is 0. The third kappa shape index (κ3) is 1.83. The van der Waals surface area contributed by atoms with Gasteiger partial charge in [0, 0.05) is 5.69 Å². The Morgan fingerprint density at radius 2 is 2.33 bits per heavy atom. The van der Waals surface area contributed by atoms with Crippen molar-refractivity contribution in [1.29, 1.82) is 5.26 Å². The molecule has 1 unspecified atom stereocenters. The van der Waals surface area contributed by atoms with Gasteiger partial charge in [-0.1, -0.05) is 6.07 Å².